The Balaban J connectivity index is 2.40. The molecule has 0 bridgehead atoms. The maximum Gasteiger partial charge on any atom is 0.405 e. The van der Waals surface area contributed by atoms with Crippen molar-refractivity contribution in [2.75, 3.05) is 13.2 Å². The molecule has 0 saturated carbocycles. The van der Waals surface area contributed by atoms with Gasteiger partial charge < -0.3 is 10.1 Å². The first-order valence-corrected chi connectivity index (χ1v) is 6.15. The summed E-state index contributed by atoms with van der Waals surface area (Å²) in [5.41, 5.74) is 0. The molecule has 0 aliphatic carbocycles. The van der Waals surface area contributed by atoms with E-state index in [4.69, 9.17) is 27.9 Å². The summed E-state index contributed by atoms with van der Waals surface area (Å²) in [5.74, 6) is -0.833. The predicted molar refractivity (Wildman–Crippen MR) is 69.6 cm³/mol. The molecule has 0 radical (unpaired) electrons. The van der Waals surface area contributed by atoms with Gasteiger partial charge in [0.2, 0.25) is 0 Å². The van der Waals surface area contributed by atoms with Crippen LogP contribution in [0.2, 0.25) is 10.0 Å². The first-order valence-electron chi connectivity index (χ1n) is 5.39. The Kier molecular flexibility index (Phi) is 6.10. The fourth-order valence-electron chi connectivity index (χ4n) is 1.12. The van der Waals surface area contributed by atoms with Gasteiger partial charge in [-0.1, -0.05) is 23.2 Å². The minimum Gasteiger partial charge on any atom is -0.482 e. The summed E-state index contributed by atoms with van der Waals surface area (Å²) >= 11 is 11.5. The van der Waals surface area contributed by atoms with E-state index >= 15 is 0 Å². The molecule has 0 unspecified atom stereocenters. The summed E-state index contributed by atoms with van der Waals surface area (Å²) < 4.78 is 40.5. The number of carbonyl (C=O) groups excluding carboxylic acids is 2. The quantitative estimate of drug-likeness (QED) is 0.882. The van der Waals surface area contributed by atoms with Gasteiger partial charge in [-0.25, -0.2) is 4.79 Å². The van der Waals surface area contributed by atoms with Gasteiger partial charge in [0.25, 0.3) is 5.91 Å². The molecule has 0 aliphatic rings. The van der Waals surface area contributed by atoms with E-state index in [1.165, 1.54) is 23.5 Å². The van der Waals surface area contributed by atoms with Crippen LogP contribution in [0.3, 0.4) is 0 Å². The first kappa shape index (κ1) is 17.4. The van der Waals surface area contributed by atoms with Crippen LogP contribution in [0.15, 0.2) is 18.2 Å². The lowest BCUT2D eigenvalue weighted by atomic mass is 10.3. The highest BCUT2D eigenvalue weighted by molar-refractivity contribution is 6.34. The molecule has 1 aromatic rings. The first-order chi connectivity index (χ1) is 9.67. The Bertz CT molecular complexity index is 538. The Hall–Kier alpha value is -1.67. The fraction of sp³-hybridized carbons (Fsp3) is 0.273. The van der Waals surface area contributed by atoms with Crippen molar-refractivity contribution in [1.82, 2.24) is 10.6 Å². The zero-order valence-electron chi connectivity index (χ0n) is 10.3. The second kappa shape index (κ2) is 7.37. The molecule has 0 fully saturated rings. The number of carbonyl (C=O) groups is 2. The third-order valence-electron chi connectivity index (χ3n) is 1.95. The average molecular weight is 345 g/mol. The molecular formula is C11H9Cl2F3N2O3. The Morgan fingerprint density at radius 2 is 1.90 bits per heavy atom. The van der Waals surface area contributed by atoms with Crippen molar-refractivity contribution >= 4 is 35.1 Å². The van der Waals surface area contributed by atoms with Gasteiger partial charge in [-0.15, -0.1) is 0 Å². The minimum atomic E-state index is -4.56. The van der Waals surface area contributed by atoms with Crippen molar-refractivity contribution in [3.05, 3.63) is 28.2 Å². The molecule has 21 heavy (non-hydrogen) atoms. The number of ether oxygens (including phenoxy) is 1. The van der Waals surface area contributed by atoms with Crippen LogP contribution < -0.4 is 15.4 Å². The van der Waals surface area contributed by atoms with Crippen LogP contribution in [0.25, 0.3) is 0 Å². The largest absolute Gasteiger partial charge is 0.482 e. The van der Waals surface area contributed by atoms with Crippen molar-refractivity contribution in [3.63, 3.8) is 0 Å². The second-order valence-electron chi connectivity index (χ2n) is 3.71. The molecule has 0 saturated heterocycles. The van der Waals surface area contributed by atoms with Gasteiger partial charge in [0.05, 0.1) is 5.02 Å². The van der Waals surface area contributed by atoms with Gasteiger partial charge in [0.15, 0.2) is 6.61 Å². The van der Waals surface area contributed by atoms with Crippen molar-refractivity contribution in [2.24, 2.45) is 0 Å². The van der Waals surface area contributed by atoms with Crippen LogP contribution in [0.1, 0.15) is 0 Å². The summed E-state index contributed by atoms with van der Waals surface area (Å²) in [5, 5.41) is 3.65. The molecule has 0 aliphatic heterocycles. The van der Waals surface area contributed by atoms with Gasteiger partial charge in [-0.2, -0.15) is 13.2 Å². The van der Waals surface area contributed by atoms with E-state index in [2.05, 4.69) is 0 Å². The van der Waals surface area contributed by atoms with Gasteiger partial charge >= 0.3 is 12.2 Å². The van der Waals surface area contributed by atoms with Gasteiger partial charge in [-0.05, 0) is 12.1 Å². The number of hydrogen-bond acceptors (Lipinski definition) is 3. The predicted octanol–water partition coefficient (Wildman–Crippen LogP) is 2.76. The molecule has 0 heterocycles. The van der Waals surface area contributed by atoms with Crippen LogP contribution in [0, 0.1) is 0 Å². The van der Waals surface area contributed by atoms with Crippen molar-refractivity contribution in [1.29, 1.82) is 0 Å². The average Bonchev–Trinajstić information content (AvgIpc) is 2.37. The zero-order chi connectivity index (χ0) is 16.0. The molecule has 10 heteroatoms. The number of amides is 3. The number of halogens is 5. The normalized spacial score (nSPS) is 10.9. The highest BCUT2D eigenvalue weighted by atomic mass is 35.5. The maximum atomic E-state index is 11.8. The van der Waals surface area contributed by atoms with Crippen LogP contribution in [0.4, 0.5) is 18.0 Å². The molecule has 2 N–H and O–H groups in total. The van der Waals surface area contributed by atoms with E-state index < -0.39 is 31.3 Å². The molecule has 116 valence electrons. The Morgan fingerprint density at radius 3 is 2.52 bits per heavy atom. The SMILES string of the molecule is O=C(COc1cc(Cl)ccc1Cl)NC(=O)NCC(F)(F)F. The lowest BCUT2D eigenvalue weighted by Gasteiger charge is -2.10. The van der Waals surface area contributed by atoms with E-state index in [1.807, 2.05) is 0 Å². The topological polar surface area (TPSA) is 67.4 Å². The van der Waals surface area contributed by atoms with E-state index in [0.29, 0.717) is 5.02 Å². The van der Waals surface area contributed by atoms with E-state index in [0.717, 1.165) is 0 Å². The number of imide groups is 1. The molecule has 1 aromatic carbocycles. The Labute approximate surface area is 127 Å². The smallest absolute Gasteiger partial charge is 0.405 e. The zero-order valence-corrected chi connectivity index (χ0v) is 11.8. The fourth-order valence-corrected chi connectivity index (χ4v) is 1.45. The number of alkyl halides is 3. The molecule has 1 rings (SSSR count). The Morgan fingerprint density at radius 1 is 1.24 bits per heavy atom. The highest BCUT2D eigenvalue weighted by Gasteiger charge is 2.27. The van der Waals surface area contributed by atoms with Crippen LogP contribution in [0.5, 0.6) is 5.75 Å². The van der Waals surface area contributed by atoms with Crippen molar-refractivity contribution < 1.29 is 27.5 Å². The minimum absolute atomic E-state index is 0.106. The lowest BCUT2D eigenvalue weighted by molar-refractivity contribution is -0.125. The molecule has 3 amide bonds. The van der Waals surface area contributed by atoms with Crippen molar-refractivity contribution in [3.8, 4) is 5.75 Å². The van der Waals surface area contributed by atoms with Crippen molar-refractivity contribution in [2.45, 2.75) is 6.18 Å². The summed E-state index contributed by atoms with van der Waals surface area (Å²) in [7, 11) is 0. The van der Waals surface area contributed by atoms with Crippen LogP contribution in [-0.4, -0.2) is 31.3 Å². The maximum absolute atomic E-state index is 11.8. The standard InChI is InChI=1S/C11H9Cl2F3N2O3/c12-6-1-2-7(13)8(3-6)21-4-9(19)18-10(20)17-5-11(14,15)16/h1-3H,4-5H2,(H2,17,18,19,20). The van der Waals surface area contributed by atoms with Crippen LogP contribution in [-0.2, 0) is 4.79 Å². The monoisotopic (exact) mass is 344 g/mol. The summed E-state index contributed by atoms with van der Waals surface area (Å²) in [6, 6.07) is 3.01. The van der Waals surface area contributed by atoms with Gasteiger partial charge in [0, 0.05) is 11.1 Å². The van der Waals surface area contributed by atoms with E-state index in [1.54, 1.807) is 5.32 Å². The molecule has 5 nitrogen and oxygen atoms in total. The molecule has 0 spiro atoms. The lowest BCUT2D eigenvalue weighted by Crippen LogP contribution is -2.44. The number of nitrogens with one attached hydrogen (secondary N) is 2. The summed E-state index contributed by atoms with van der Waals surface area (Å²) in [6.07, 6.45) is -4.56. The number of urea groups is 1. The second-order valence-corrected chi connectivity index (χ2v) is 4.55. The van der Waals surface area contributed by atoms with Gasteiger partial charge in [0.1, 0.15) is 12.3 Å². The molecule has 0 aromatic heterocycles. The van der Waals surface area contributed by atoms with Gasteiger partial charge in [-0.3, -0.25) is 10.1 Å². The third-order valence-corrected chi connectivity index (χ3v) is 2.50. The number of hydrogen-bond donors (Lipinski definition) is 2. The summed E-state index contributed by atoms with van der Waals surface area (Å²) in [4.78, 5) is 22.3. The number of rotatable bonds is 4. The third kappa shape index (κ3) is 7.05. The summed E-state index contributed by atoms with van der Waals surface area (Å²) in [6.45, 7) is -2.16. The van der Waals surface area contributed by atoms with E-state index in [9.17, 15) is 22.8 Å². The number of benzene rings is 1. The molecule has 0 atom stereocenters. The van der Waals surface area contributed by atoms with Crippen LogP contribution >= 0.6 is 23.2 Å². The highest BCUT2D eigenvalue weighted by Crippen LogP contribution is 2.27. The van der Waals surface area contributed by atoms with E-state index in [-0.39, 0.29) is 10.8 Å². The molecular weight excluding hydrogens is 336 g/mol.